The van der Waals surface area contributed by atoms with Gasteiger partial charge in [-0.15, -0.1) is 0 Å². The Bertz CT molecular complexity index is 984. The first-order chi connectivity index (χ1) is 14.4. The molecule has 0 radical (unpaired) electrons. The van der Waals surface area contributed by atoms with Crippen LogP contribution in [0.1, 0.15) is 30.1 Å². The van der Waals surface area contributed by atoms with Gasteiger partial charge in [0.1, 0.15) is 5.75 Å². The van der Waals surface area contributed by atoms with Gasteiger partial charge in [-0.05, 0) is 68.3 Å². The molecule has 1 aliphatic rings. The molecular weight excluding hydrogens is 406 g/mol. The van der Waals surface area contributed by atoms with E-state index >= 15 is 0 Å². The molecule has 30 heavy (non-hydrogen) atoms. The molecule has 0 heterocycles. The second kappa shape index (κ2) is 9.73. The van der Waals surface area contributed by atoms with Crippen molar-refractivity contribution in [3.8, 4) is 5.75 Å². The fraction of sp³-hybridized carbons (Fsp3) is 0.333. The van der Waals surface area contributed by atoms with Crippen molar-refractivity contribution in [3.05, 3.63) is 54.1 Å². The number of carbonyl (C=O) groups is 2. The summed E-state index contributed by atoms with van der Waals surface area (Å²) in [6.45, 7) is 2.54. The highest BCUT2D eigenvalue weighted by molar-refractivity contribution is 7.89. The number of rotatable bonds is 10. The molecule has 9 heteroatoms. The fourth-order valence-corrected chi connectivity index (χ4v) is 3.76. The molecule has 1 saturated carbocycles. The van der Waals surface area contributed by atoms with Crippen molar-refractivity contribution < 1.29 is 22.7 Å². The maximum absolute atomic E-state index is 12.3. The minimum atomic E-state index is -3.67. The van der Waals surface area contributed by atoms with E-state index in [9.17, 15) is 18.0 Å². The number of carbonyl (C=O) groups excluding carboxylic acids is 2. The SMILES string of the molecule is CCOc1ccc(S(=O)(=O)NCCNC(=O)c2ccc(NC(=O)C3CC3)cc2)cc1. The molecule has 0 spiro atoms. The lowest BCUT2D eigenvalue weighted by molar-refractivity contribution is -0.117. The van der Waals surface area contributed by atoms with E-state index in [0.717, 1.165) is 12.8 Å². The normalized spacial score (nSPS) is 13.5. The summed E-state index contributed by atoms with van der Waals surface area (Å²) in [7, 11) is -3.67. The highest BCUT2D eigenvalue weighted by Crippen LogP contribution is 2.30. The summed E-state index contributed by atoms with van der Waals surface area (Å²) in [6.07, 6.45) is 1.85. The number of hydrogen-bond donors (Lipinski definition) is 3. The van der Waals surface area contributed by atoms with Gasteiger partial charge in [-0.25, -0.2) is 13.1 Å². The molecule has 2 amide bonds. The number of amides is 2. The van der Waals surface area contributed by atoms with Crippen molar-refractivity contribution in [2.24, 2.45) is 5.92 Å². The predicted molar refractivity (Wildman–Crippen MR) is 113 cm³/mol. The van der Waals surface area contributed by atoms with Crippen LogP contribution >= 0.6 is 0 Å². The van der Waals surface area contributed by atoms with Crippen LogP contribution in [0.3, 0.4) is 0 Å². The summed E-state index contributed by atoms with van der Waals surface area (Å²) in [5.41, 5.74) is 1.07. The molecule has 3 rings (SSSR count). The second-order valence-electron chi connectivity index (χ2n) is 6.90. The molecule has 0 aromatic heterocycles. The zero-order chi connectivity index (χ0) is 21.6. The zero-order valence-electron chi connectivity index (χ0n) is 16.7. The van der Waals surface area contributed by atoms with Crippen LogP contribution in [0.5, 0.6) is 5.75 Å². The fourth-order valence-electron chi connectivity index (χ4n) is 2.72. The van der Waals surface area contributed by atoms with Crippen molar-refractivity contribution in [3.63, 3.8) is 0 Å². The molecule has 3 N–H and O–H groups in total. The number of hydrogen-bond acceptors (Lipinski definition) is 5. The van der Waals surface area contributed by atoms with Crippen LogP contribution in [-0.4, -0.2) is 39.9 Å². The lowest BCUT2D eigenvalue weighted by Gasteiger charge is -2.10. The van der Waals surface area contributed by atoms with Gasteiger partial charge in [-0.2, -0.15) is 0 Å². The third-order valence-corrected chi connectivity index (χ3v) is 5.99. The Kier molecular flexibility index (Phi) is 7.07. The summed E-state index contributed by atoms with van der Waals surface area (Å²) in [4.78, 5) is 24.1. The van der Waals surface area contributed by atoms with Crippen molar-refractivity contribution >= 4 is 27.5 Å². The lowest BCUT2D eigenvalue weighted by Crippen LogP contribution is -2.34. The van der Waals surface area contributed by atoms with E-state index in [4.69, 9.17) is 4.74 Å². The number of nitrogens with one attached hydrogen (secondary N) is 3. The predicted octanol–water partition coefficient (Wildman–Crippen LogP) is 2.14. The van der Waals surface area contributed by atoms with Crippen LogP contribution in [0.15, 0.2) is 53.4 Å². The molecule has 1 fully saturated rings. The van der Waals surface area contributed by atoms with Crippen molar-refractivity contribution in [2.45, 2.75) is 24.7 Å². The molecule has 0 saturated heterocycles. The van der Waals surface area contributed by atoms with Gasteiger partial charge in [0.15, 0.2) is 0 Å². The second-order valence-corrected chi connectivity index (χ2v) is 8.67. The largest absolute Gasteiger partial charge is 0.494 e. The van der Waals surface area contributed by atoms with Crippen LogP contribution in [-0.2, 0) is 14.8 Å². The van der Waals surface area contributed by atoms with E-state index in [2.05, 4.69) is 15.4 Å². The molecule has 1 aliphatic carbocycles. The zero-order valence-corrected chi connectivity index (χ0v) is 17.5. The van der Waals surface area contributed by atoms with Crippen LogP contribution in [0, 0.1) is 5.92 Å². The molecule has 2 aromatic rings. The quantitative estimate of drug-likeness (QED) is 0.499. The van der Waals surface area contributed by atoms with Crippen LogP contribution in [0.2, 0.25) is 0 Å². The van der Waals surface area contributed by atoms with Crippen molar-refractivity contribution in [1.82, 2.24) is 10.0 Å². The van der Waals surface area contributed by atoms with E-state index in [-0.39, 0.29) is 35.7 Å². The van der Waals surface area contributed by atoms with E-state index < -0.39 is 10.0 Å². The summed E-state index contributed by atoms with van der Waals surface area (Å²) in [5, 5.41) is 5.47. The maximum Gasteiger partial charge on any atom is 0.251 e. The van der Waals surface area contributed by atoms with E-state index in [1.165, 1.54) is 12.1 Å². The van der Waals surface area contributed by atoms with Gasteiger partial charge in [0.25, 0.3) is 5.91 Å². The van der Waals surface area contributed by atoms with Gasteiger partial charge in [-0.1, -0.05) is 0 Å². The first-order valence-corrected chi connectivity index (χ1v) is 11.3. The standard InChI is InChI=1S/C21H25N3O5S/c1-2-29-18-9-11-19(12-10-18)30(27,28)23-14-13-22-20(25)15-5-7-17(8-6-15)24-21(26)16-3-4-16/h5-12,16,23H,2-4,13-14H2,1H3,(H,22,25)(H,24,26). The van der Waals surface area contributed by atoms with Gasteiger partial charge in [0.05, 0.1) is 11.5 Å². The van der Waals surface area contributed by atoms with Gasteiger partial charge < -0.3 is 15.4 Å². The number of anilines is 1. The third kappa shape index (κ3) is 6.04. The Morgan fingerprint density at radius 1 is 1.00 bits per heavy atom. The maximum atomic E-state index is 12.3. The van der Waals surface area contributed by atoms with Crippen LogP contribution in [0.25, 0.3) is 0 Å². The molecule has 0 atom stereocenters. The minimum absolute atomic E-state index is 0.00650. The van der Waals surface area contributed by atoms with E-state index in [1.54, 1.807) is 36.4 Å². The van der Waals surface area contributed by atoms with Gasteiger partial charge in [0.2, 0.25) is 15.9 Å². The molecule has 2 aromatic carbocycles. The molecule has 0 bridgehead atoms. The topological polar surface area (TPSA) is 114 Å². The highest BCUT2D eigenvalue weighted by atomic mass is 32.2. The highest BCUT2D eigenvalue weighted by Gasteiger charge is 2.29. The molecule has 160 valence electrons. The lowest BCUT2D eigenvalue weighted by atomic mass is 10.2. The number of sulfonamides is 1. The summed E-state index contributed by atoms with van der Waals surface area (Å²) < 4.78 is 32.3. The van der Waals surface area contributed by atoms with Gasteiger partial charge >= 0.3 is 0 Å². The molecular formula is C21H25N3O5S. The van der Waals surface area contributed by atoms with Crippen molar-refractivity contribution in [2.75, 3.05) is 25.0 Å². The van der Waals surface area contributed by atoms with Crippen LogP contribution in [0.4, 0.5) is 5.69 Å². The Balaban J connectivity index is 1.43. The minimum Gasteiger partial charge on any atom is -0.494 e. The Morgan fingerprint density at radius 2 is 1.67 bits per heavy atom. The monoisotopic (exact) mass is 431 g/mol. The summed E-state index contributed by atoms with van der Waals surface area (Å²) in [6, 6.07) is 12.7. The Labute approximate surface area is 176 Å². The summed E-state index contributed by atoms with van der Waals surface area (Å²) in [5.74, 6) is 0.392. The Morgan fingerprint density at radius 3 is 2.27 bits per heavy atom. The average molecular weight is 432 g/mol. The molecule has 0 unspecified atom stereocenters. The van der Waals surface area contributed by atoms with Gasteiger partial charge in [-0.3, -0.25) is 9.59 Å². The van der Waals surface area contributed by atoms with Gasteiger partial charge in [0, 0.05) is 30.3 Å². The summed E-state index contributed by atoms with van der Waals surface area (Å²) >= 11 is 0. The van der Waals surface area contributed by atoms with Crippen molar-refractivity contribution in [1.29, 1.82) is 0 Å². The molecule has 8 nitrogen and oxygen atoms in total. The first-order valence-electron chi connectivity index (χ1n) is 9.80. The Hall–Kier alpha value is -2.91. The van der Waals surface area contributed by atoms with E-state index in [1.807, 2.05) is 6.92 Å². The number of benzene rings is 2. The van der Waals surface area contributed by atoms with E-state index in [0.29, 0.717) is 23.6 Å². The smallest absolute Gasteiger partial charge is 0.251 e. The number of ether oxygens (including phenoxy) is 1. The third-order valence-electron chi connectivity index (χ3n) is 4.51. The van der Waals surface area contributed by atoms with Crippen LogP contribution < -0.4 is 20.1 Å². The average Bonchev–Trinajstić information content (AvgIpc) is 3.58. The molecule has 0 aliphatic heterocycles. The first kappa shape index (κ1) is 21.8.